The van der Waals surface area contributed by atoms with Crippen molar-refractivity contribution in [3.63, 3.8) is 0 Å². The second-order valence-electron chi connectivity index (χ2n) is 5.89. The molecule has 1 aliphatic rings. The molecule has 0 spiro atoms. The summed E-state index contributed by atoms with van der Waals surface area (Å²) in [6.07, 6.45) is 7.19. The summed E-state index contributed by atoms with van der Waals surface area (Å²) in [5, 5.41) is 4.12. The van der Waals surface area contributed by atoms with Crippen molar-refractivity contribution in [3.8, 4) is 10.6 Å². The first-order valence-corrected chi connectivity index (χ1v) is 8.68. The lowest BCUT2D eigenvalue weighted by Gasteiger charge is -2.22. The van der Waals surface area contributed by atoms with Crippen molar-refractivity contribution in [1.82, 2.24) is 15.3 Å². The second-order valence-corrected chi connectivity index (χ2v) is 6.97. The minimum atomic E-state index is 0.0868. The van der Waals surface area contributed by atoms with Gasteiger partial charge >= 0.3 is 0 Å². The second kappa shape index (κ2) is 6.57. The molecule has 1 N–H and O–H groups in total. The Morgan fingerprint density at radius 2 is 2.41 bits per heavy atom. The van der Waals surface area contributed by atoms with E-state index in [4.69, 9.17) is 4.98 Å². The van der Waals surface area contributed by atoms with E-state index in [-0.39, 0.29) is 17.9 Å². The van der Waals surface area contributed by atoms with Crippen LogP contribution in [0.2, 0.25) is 0 Å². The van der Waals surface area contributed by atoms with E-state index in [1.165, 1.54) is 4.88 Å². The average Bonchev–Trinajstić information content (AvgIpc) is 2.98. The first-order valence-electron chi connectivity index (χ1n) is 7.86. The molecule has 1 aliphatic carbocycles. The number of pyridine rings is 1. The van der Waals surface area contributed by atoms with Crippen LogP contribution < -0.4 is 5.32 Å². The smallest absolute Gasteiger partial charge is 0.223 e. The van der Waals surface area contributed by atoms with Crippen molar-refractivity contribution >= 4 is 17.2 Å². The topological polar surface area (TPSA) is 54.9 Å². The Hall–Kier alpha value is -1.75. The molecule has 2 aromatic heterocycles. The molecule has 1 amide bonds. The first kappa shape index (κ1) is 15.2. The average molecular weight is 315 g/mol. The Bertz CT molecular complexity index is 653. The van der Waals surface area contributed by atoms with Crippen LogP contribution >= 0.6 is 11.3 Å². The molecule has 5 heteroatoms. The van der Waals surface area contributed by atoms with E-state index < -0.39 is 0 Å². The monoisotopic (exact) mass is 315 g/mol. The van der Waals surface area contributed by atoms with Gasteiger partial charge in [-0.25, -0.2) is 4.98 Å². The highest BCUT2D eigenvalue weighted by molar-refractivity contribution is 7.15. The molecule has 0 aromatic carbocycles. The molecule has 0 radical (unpaired) electrons. The predicted molar refractivity (Wildman–Crippen MR) is 88.8 cm³/mol. The van der Waals surface area contributed by atoms with Gasteiger partial charge in [0.05, 0.1) is 5.69 Å². The van der Waals surface area contributed by atoms with Crippen LogP contribution in [-0.2, 0) is 17.6 Å². The number of thiazole rings is 1. The Morgan fingerprint density at radius 1 is 1.55 bits per heavy atom. The fraction of sp³-hybridized carbons (Fsp3) is 0.471. The van der Waals surface area contributed by atoms with Gasteiger partial charge in [0.15, 0.2) is 0 Å². The lowest BCUT2D eigenvalue weighted by Crippen LogP contribution is -2.38. The van der Waals surface area contributed by atoms with Crippen molar-refractivity contribution in [1.29, 1.82) is 0 Å². The number of aromatic nitrogens is 2. The number of fused-ring (bicyclic) bond motifs is 1. The van der Waals surface area contributed by atoms with Gasteiger partial charge < -0.3 is 5.32 Å². The van der Waals surface area contributed by atoms with Crippen LogP contribution in [0.1, 0.15) is 37.3 Å². The molecule has 0 bridgehead atoms. The van der Waals surface area contributed by atoms with Crippen molar-refractivity contribution in [2.24, 2.45) is 5.92 Å². The summed E-state index contributed by atoms with van der Waals surface area (Å²) in [7, 11) is 0. The van der Waals surface area contributed by atoms with Crippen molar-refractivity contribution < 1.29 is 4.79 Å². The molecule has 2 atom stereocenters. The highest BCUT2D eigenvalue weighted by Gasteiger charge is 2.28. The zero-order valence-electron chi connectivity index (χ0n) is 13.0. The highest BCUT2D eigenvalue weighted by atomic mass is 32.1. The van der Waals surface area contributed by atoms with E-state index in [0.717, 1.165) is 41.9 Å². The molecule has 22 heavy (non-hydrogen) atoms. The molecule has 0 saturated carbocycles. The van der Waals surface area contributed by atoms with Crippen LogP contribution in [-0.4, -0.2) is 21.9 Å². The van der Waals surface area contributed by atoms with E-state index in [0.29, 0.717) is 0 Å². The number of nitrogens with one attached hydrogen (secondary N) is 1. The number of aryl methyl sites for hydroxylation is 1. The van der Waals surface area contributed by atoms with E-state index in [2.05, 4.69) is 24.1 Å². The summed E-state index contributed by atoms with van der Waals surface area (Å²) in [6.45, 7) is 4.15. The number of hydrogen-bond donors (Lipinski definition) is 1. The summed E-state index contributed by atoms with van der Waals surface area (Å²) in [5.74, 6) is 0.278. The van der Waals surface area contributed by atoms with Gasteiger partial charge in [0, 0.05) is 34.8 Å². The third-order valence-corrected chi connectivity index (χ3v) is 5.39. The Morgan fingerprint density at radius 3 is 3.14 bits per heavy atom. The van der Waals surface area contributed by atoms with E-state index in [1.54, 1.807) is 17.5 Å². The SMILES string of the molecule is CCC(C)NC(=O)C1CCc2nc(-c3cccnc3)sc2C1. The molecule has 0 fully saturated rings. The summed E-state index contributed by atoms with van der Waals surface area (Å²) in [6, 6.07) is 4.21. The lowest BCUT2D eigenvalue weighted by molar-refractivity contribution is -0.125. The molecular formula is C17H21N3OS. The summed E-state index contributed by atoms with van der Waals surface area (Å²) in [4.78, 5) is 22.5. The lowest BCUT2D eigenvalue weighted by atomic mass is 9.90. The Labute approximate surface area is 135 Å². The first-order chi connectivity index (χ1) is 10.7. The number of nitrogens with zero attached hydrogens (tertiary/aromatic N) is 2. The molecule has 4 nitrogen and oxygen atoms in total. The minimum Gasteiger partial charge on any atom is -0.353 e. The third kappa shape index (κ3) is 3.19. The van der Waals surface area contributed by atoms with Gasteiger partial charge in [0.25, 0.3) is 0 Å². The number of hydrogen-bond acceptors (Lipinski definition) is 4. The van der Waals surface area contributed by atoms with Crippen LogP contribution in [0.4, 0.5) is 0 Å². The maximum Gasteiger partial charge on any atom is 0.223 e. The molecule has 2 heterocycles. The standard InChI is InChI=1S/C17H21N3OS/c1-3-11(2)19-16(21)12-6-7-14-15(9-12)22-17(20-14)13-5-4-8-18-10-13/h4-5,8,10-12H,3,6-7,9H2,1-2H3,(H,19,21). The summed E-state index contributed by atoms with van der Waals surface area (Å²) >= 11 is 1.70. The number of carbonyl (C=O) groups excluding carboxylic acids is 1. The highest BCUT2D eigenvalue weighted by Crippen LogP contribution is 2.34. The normalized spacial score (nSPS) is 18.5. The molecule has 3 rings (SSSR count). The van der Waals surface area contributed by atoms with E-state index in [9.17, 15) is 4.79 Å². The Kier molecular flexibility index (Phi) is 4.52. The molecule has 0 aliphatic heterocycles. The fourth-order valence-electron chi connectivity index (χ4n) is 2.67. The van der Waals surface area contributed by atoms with Crippen molar-refractivity contribution in [2.75, 3.05) is 0 Å². The van der Waals surface area contributed by atoms with Gasteiger partial charge in [-0.15, -0.1) is 11.3 Å². The van der Waals surface area contributed by atoms with E-state index in [1.807, 2.05) is 18.3 Å². The predicted octanol–water partition coefficient (Wildman–Crippen LogP) is 3.22. The fourth-order valence-corrected chi connectivity index (χ4v) is 3.85. The van der Waals surface area contributed by atoms with Gasteiger partial charge in [-0.2, -0.15) is 0 Å². The third-order valence-electron chi connectivity index (χ3n) is 4.22. The van der Waals surface area contributed by atoms with Crippen LogP contribution in [0.5, 0.6) is 0 Å². The summed E-state index contributed by atoms with van der Waals surface area (Å²) < 4.78 is 0. The zero-order valence-corrected chi connectivity index (χ0v) is 13.8. The van der Waals surface area contributed by atoms with Crippen LogP contribution in [0.3, 0.4) is 0 Å². The van der Waals surface area contributed by atoms with Crippen LogP contribution in [0.25, 0.3) is 10.6 Å². The number of rotatable bonds is 4. The van der Waals surface area contributed by atoms with Gasteiger partial charge in [-0.3, -0.25) is 9.78 Å². The van der Waals surface area contributed by atoms with Crippen LogP contribution in [0.15, 0.2) is 24.5 Å². The molecule has 0 saturated heterocycles. The number of amides is 1. The Balaban J connectivity index is 1.74. The van der Waals surface area contributed by atoms with Gasteiger partial charge in [0.1, 0.15) is 5.01 Å². The molecular weight excluding hydrogens is 294 g/mol. The van der Waals surface area contributed by atoms with Gasteiger partial charge in [-0.05, 0) is 44.7 Å². The van der Waals surface area contributed by atoms with Gasteiger partial charge in [-0.1, -0.05) is 6.92 Å². The quantitative estimate of drug-likeness (QED) is 0.942. The molecule has 116 valence electrons. The molecule has 2 aromatic rings. The van der Waals surface area contributed by atoms with Gasteiger partial charge in [0.2, 0.25) is 5.91 Å². The van der Waals surface area contributed by atoms with Crippen molar-refractivity contribution in [2.45, 2.75) is 45.6 Å². The molecule has 2 unspecified atom stereocenters. The maximum absolute atomic E-state index is 12.3. The number of carbonyl (C=O) groups is 1. The zero-order chi connectivity index (χ0) is 15.5. The summed E-state index contributed by atoms with van der Waals surface area (Å²) in [5.41, 5.74) is 2.22. The largest absolute Gasteiger partial charge is 0.353 e. The van der Waals surface area contributed by atoms with Crippen LogP contribution in [0, 0.1) is 5.92 Å². The minimum absolute atomic E-state index is 0.0868. The van der Waals surface area contributed by atoms with Crippen molar-refractivity contribution in [3.05, 3.63) is 35.1 Å². The van der Waals surface area contributed by atoms with E-state index >= 15 is 0 Å². The maximum atomic E-state index is 12.3.